The maximum Gasteiger partial charge on any atom is 0.256 e. The number of piperidine rings is 1. The van der Waals surface area contributed by atoms with Gasteiger partial charge in [0.2, 0.25) is 0 Å². The van der Waals surface area contributed by atoms with Gasteiger partial charge in [-0.1, -0.05) is 60.7 Å². The zero-order chi connectivity index (χ0) is 25.4. The van der Waals surface area contributed by atoms with Crippen molar-refractivity contribution in [1.29, 1.82) is 0 Å². The number of hydrogen-bond acceptors (Lipinski definition) is 3. The first kappa shape index (κ1) is 23.6. The van der Waals surface area contributed by atoms with E-state index in [0.29, 0.717) is 32.2 Å². The number of halogens is 1. The Kier molecular flexibility index (Phi) is 6.35. The van der Waals surface area contributed by atoms with Crippen LogP contribution in [-0.4, -0.2) is 71.8 Å². The first-order chi connectivity index (χ1) is 18.1. The van der Waals surface area contributed by atoms with Crippen LogP contribution < -0.4 is 0 Å². The molecule has 2 amide bonds. The number of piperazine rings is 1. The van der Waals surface area contributed by atoms with Crippen LogP contribution >= 0.6 is 0 Å². The third-order valence-electron chi connectivity index (χ3n) is 7.96. The van der Waals surface area contributed by atoms with Crippen molar-refractivity contribution in [3.63, 3.8) is 0 Å². The molecular formula is C31H30FN3O2. The van der Waals surface area contributed by atoms with Crippen molar-refractivity contribution in [2.24, 2.45) is 0 Å². The zero-order valence-corrected chi connectivity index (χ0v) is 20.8. The van der Waals surface area contributed by atoms with E-state index in [9.17, 15) is 14.0 Å². The highest BCUT2D eigenvalue weighted by Gasteiger charge is 2.32. The van der Waals surface area contributed by atoms with Crippen LogP contribution in [0.2, 0.25) is 0 Å². The molecule has 4 aromatic rings. The molecule has 0 N–H and O–H groups in total. The Hall–Kier alpha value is -3.77. The summed E-state index contributed by atoms with van der Waals surface area (Å²) in [5, 5.41) is 4.17. The molecule has 0 spiro atoms. The number of rotatable bonds is 3. The van der Waals surface area contributed by atoms with Crippen LogP contribution in [0.1, 0.15) is 33.6 Å². The number of hydrogen-bond donors (Lipinski definition) is 0. The average Bonchev–Trinajstić information content (AvgIpc) is 2.95. The van der Waals surface area contributed by atoms with E-state index in [1.165, 1.54) is 6.07 Å². The predicted octanol–water partition coefficient (Wildman–Crippen LogP) is 5.19. The Labute approximate surface area is 216 Å². The normalized spacial score (nSPS) is 17.4. The number of carbonyl (C=O) groups excluding carboxylic acids is 2. The summed E-state index contributed by atoms with van der Waals surface area (Å²) >= 11 is 0. The highest BCUT2D eigenvalue weighted by atomic mass is 19.1. The average molecular weight is 496 g/mol. The van der Waals surface area contributed by atoms with Crippen LogP contribution in [0.3, 0.4) is 0 Å². The lowest BCUT2D eigenvalue weighted by atomic mass is 9.95. The molecule has 0 aromatic heterocycles. The van der Waals surface area contributed by atoms with E-state index in [4.69, 9.17) is 0 Å². The molecule has 37 heavy (non-hydrogen) atoms. The van der Waals surface area contributed by atoms with Crippen LogP contribution in [0, 0.1) is 5.82 Å². The highest BCUT2D eigenvalue weighted by molar-refractivity contribution is 6.18. The van der Waals surface area contributed by atoms with Gasteiger partial charge in [-0.05, 0) is 52.6 Å². The molecule has 2 saturated heterocycles. The molecule has 4 aromatic carbocycles. The number of benzene rings is 4. The van der Waals surface area contributed by atoms with Crippen LogP contribution in [0.15, 0.2) is 78.9 Å². The number of amides is 2. The molecule has 0 bridgehead atoms. The van der Waals surface area contributed by atoms with Crippen LogP contribution in [0.25, 0.3) is 21.5 Å². The molecule has 188 valence electrons. The first-order valence-electron chi connectivity index (χ1n) is 13.1. The van der Waals surface area contributed by atoms with Crippen LogP contribution in [-0.2, 0) is 0 Å². The Morgan fingerprint density at radius 2 is 1.19 bits per heavy atom. The van der Waals surface area contributed by atoms with E-state index in [-0.39, 0.29) is 17.4 Å². The molecule has 5 nitrogen and oxygen atoms in total. The van der Waals surface area contributed by atoms with Crippen LogP contribution in [0.5, 0.6) is 0 Å². The second-order valence-electron chi connectivity index (χ2n) is 10.0. The van der Waals surface area contributed by atoms with E-state index in [1.54, 1.807) is 23.1 Å². The molecule has 0 radical (unpaired) electrons. The first-order valence-corrected chi connectivity index (χ1v) is 13.1. The van der Waals surface area contributed by atoms with Crippen molar-refractivity contribution in [1.82, 2.24) is 14.7 Å². The summed E-state index contributed by atoms with van der Waals surface area (Å²) in [5.41, 5.74) is 0.941. The van der Waals surface area contributed by atoms with Gasteiger partial charge >= 0.3 is 0 Å². The lowest BCUT2D eigenvalue weighted by Crippen LogP contribution is -2.54. The van der Waals surface area contributed by atoms with E-state index in [0.717, 1.165) is 53.0 Å². The maximum absolute atomic E-state index is 14.1. The fourth-order valence-electron chi connectivity index (χ4n) is 5.93. The van der Waals surface area contributed by atoms with E-state index in [1.807, 2.05) is 41.3 Å². The van der Waals surface area contributed by atoms with Gasteiger partial charge in [0.25, 0.3) is 11.8 Å². The molecule has 2 aliphatic heterocycles. The third-order valence-corrected chi connectivity index (χ3v) is 7.96. The quantitative estimate of drug-likeness (QED) is 0.367. The smallest absolute Gasteiger partial charge is 0.256 e. The summed E-state index contributed by atoms with van der Waals surface area (Å²) in [7, 11) is 0. The molecule has 0 atom stereocenters. The standard InChI is InChI=1S/C31H30FN3O2/c32-28-12-6-5-11-27(28)30(36)34-15-13-24(14-16-34)33-17-19-35(20-18-33)31(37)29-25-9-3-1-7-22(25)21-23-8-2-4-10-26(23)29/h1-12,21,24H,13-20H2. The minimum Gasteiger partial charge on any atom is -0.338 e. The van der Waals surface area contributed by atoms with Crippen molar-refractivity contribution in [3.05, 3.63) is 95.8 Å². The Bertz CT molecular complexity index is 1420. The molecular weight excluding hydrogens is 465 g/mol. The SMILES string of the molecule is O=C(c1ccccc1F)N1CCC(N2CCN(C(=O)c3c4ccccc4cc4ccccc34)CC2)CC1. The van der Waals surface area contributed by atoms with Gasteiger partial charge in [0.05, 0.1) is 11.1 Å². The molecule has 0 saturated carbocycles. The van der Waals surface area contributed by atoms with Crippen LogP contribution in [0.4, 0.5) is 4.39 Å². The summed E-state index contributed by atoms with van der Waals surface area (Å²) in [6.07, 6.45) is 1.73. The summed E-state index contributed by atoms with van der Waals surface area (Å²) < 4.78 is 14.1. The molecule has 2 fully saturated rings. The van der Waals surface area contributed by atoms with Gasteiger partial charge in [-0.15, -0.1) is 0 Å². The Morgan fingerprint density at radius 1 is 0.649 bits per heavy atom. The summed E-state index contributed by atoms with van der Waals surface area (Å²) in [6.45, 7) is 4.26. The zero-order valence-electron chi connectivity index (χ0n) is 20.8. The molecule has 0 aliphatic carbocycles. The van der Waals surface area contributed by atoms with Crippen molar-refractivity contribution in [3.8, 4) is 0 Å². The van der Waals surface area contributed by atoms with E-state index >= 15 is 0 Å². The topological polar surface area (TPSA) is 43.9 Å². The Balaban J connectivity index is 1.12. The lowest BCUT2D eigenvalue weighted by Gasteiger charge is -2.43. The number of nitrogens with zero attached hydrogens (tertiary/aromatic N) is 3. The van der Waals surface area contributed by atoms with Gasteiger partial charge < -0.3 is 9.80 Å². The fourth-order valence-corrected chi connectivity index (χ4v) is 5.93. The number of carbonyl (C=O) groups is 2. The van der Waals surface area contributed by atoms with Gasteiger partial charge in [0.1, 0.15) is 5.82 Å². The maximum atomic E-state index is 14.1. The molecule has 6 rings (SSSR count). The monoisotopic (exact) mass is 495 g/mol. The van der Waals surface area contributed by atoms with Crippen molar-refractivity contribution >= 4 is 33.4 Å². The summed E-state index contributed by atoms with van der Waals surface area (Å²) in [5.74, 6) is -0.596. The van der Waals surface area contributed by atoms with Gasteiger partial charge in [0, 0.05) is 45.3 Å². The number of likely N-dealkylation sites (tertiary alicyclic amines) is 1. The van der Waals surface area contributed by atoms with Gasteiger partial charge in [-0.2, -0.15) is 0 Å². The highest BCUT2D eigenvalue weighted by Crippen LogP contribution is 2.30. The van der Waals surface area contributed by atoms with Gasteiger partial charge in [-0.3, -0.25) is 14.5 Å². The van der Waals surface area contributed by atoms with Gasteiger partial charge in [-0.25, -0.2) is 4.39 Å². The predicted molar refractivity (Wildman–Crippen MR) is 144 cm³/mol. The Morgan fingerprint density at radius 3 is 1.81 bits per heavy atom. The van der Waals surface area contributed by atoms with Crippen molar-refractivity contribution in [2.45, 2.75) is 18.9 Å². The lowest BCUT2D eigenvalue weighted by molar-refractivity contribution is 0.0412. The summed E-state index contributed by atoms with van der Waals surface area (Å²) in [6, 6.07) is 25.0. The molecule has 6 heteroatoms. The second-order valence-corrected chi connectivity index (χ2v) is 10.0. The summed E-state index contributed by atoms with van der Waals surface area (Å²) in [4.78, 5) is 32.8. The fraction of sp³-hybridized carbons (Fsp3) is 0.290. The molecule has 0 unspecified atom stereocenters. The minimum absolute atomic E-state index is 0.0953. The van der Waals surface area contributed by atoms with E-state index < -0.39 is 5.82 Å². The molecule has 2 aliphatic rings. The van der Waals surface area contributed by atoms with Crippen molar-refractivity contribution in [2.75, 3.05) is 39.3 Å². The third kappa shape index (κ3) is 4.46. The van der Waals surface area contributed by atoms with Gasteiger partial charge in [0.15, 0.2) is 0 Å². The van der Waals surface area contributed by atoms with E-state index in [2.05, 4.69) is 23.1 Å². The van der Waals surface area contributed by atoms with Crippen molar-refractivity contribution < 1.29 is 14.0 Å². The largest absolute Gasteiger partial charge is 0.338 e. The number of fused-ring (bicyclic) bond motifs is 2. The second kappa shape index (κ2) is 9.94. The molecule has 2 heterocycles. The minimum atomic E-state index is -0.464.